The number of amides is 2. The van der Waals surface area contributed by atoms with Crippen molar-refractivity contribution in [3.63, 3.8) is 0 Å². The van der Waals surface area contributed by atoms with Gasteiger partial charge in [0, 0.05) is 0 Å². The summed E-state index contributed by atoms with van der Waals surface area (Å²) in [6, 6.07) is 0. The van der Waals surface area contributed by atoms with Crippen LogP contribution >= 0.6 is 0 Å². The van der Waals surface area contributed by atoms with Crippen LogP contribution in [-0.4, -0.2) is 11.8 Å². The molecule has 0 saturated carbocycles. The number of allylic oxidation sites excluding steroid dienone is 2. The summed E-state index contributed by atoms with van der Waals surface area (Å²) in [4.78, 5) is 22.4. The topological polar surface area (TPSA) is 46.2 Å². The predicted molar refractivity (Wildman–Crippen MR) is 61.2 cm³/mol. The van der Waals surface area contributed by atoms with Crippen LogP contribution in [0.3, 0.4) is 0 Å². The van der Waals surface area contributed by atoms with E-state index >= 15 is 0 Å². The Morgan fingerprint density at radius 2 is 1.20 bits per heavy atom. The van der Waals surface area contributed by atoms with Crippen molar-refractivity contribution in [1.29, 1.82) is 0 Å². The van der Waals surface area contributed by atoms with Crippen LogP contribution in [0, 0.1) is 0 Å². The van der Waals surface area contributed by atoms with E-state index in [1.807, 2.05) is 13.8 Å². The summed E-state index contributed by atoms with van der Waals surface area (Å²) in [6.07, 6.45) is 6.74. The monoisotopic (exact) mass is 207 g/mol. The van der Waals surface area contributed by atoms with Crippen LogP contribution in [0.25, 0.3) is 0 Å². The Morgan fingerprint density at radius 1 is 0.867 bits per heavy atom. The normalized spacial score (nSPS) is 16.0. The SMILES string of the molecule is C/C=C\C1=C(/C=C\C)C(=O)NC1=O.CC. The molecular weight excluding hydrogens is 190 g/mol. The molecule has 1 aliphatic heterocycles. The molecule has 2 amide bonds. The van der Waals surface area contributed by atoms with Crippen molar-refractivity contribution in [1.82, 2.24) is 5.32 Å². The Labute approximate surface area is 90.6 Å². The maximum absolute atomic E-state index is 11.2. The summed E-state index contributed by atoms with van der Waals surface area (Å²) in [5, 5.41) is 2.23. The zero-order valence-electron chi connectivity index (χ0n) is 9.63. The molecule has 1 heterocycles. The highest BCUT2D eigenvalue weighted by molar-refractivity contribution is 6.22. The van der Waals surface area contributed by atoms with E-state index in [0.29, 0.717) is 11.1 Å². The summed E-state index contributed by atoms with van der Waals surface area (Å²) in [6.45, 7) is 7.60. The van der Waals surface area contributed by atoms with Gasteiger partial charge in [0.25, 0.3) is 11.8 Å². The number of carbonyl (C=O) groups excluding carboxylic acids is 2. The molecule has 0 unspecified atom stereocenters. The van der Waals surface area contributed by atoms with Gasteiger partial charge in [0.15, 0.2) is 0 Å². The lowest BCUT2D eigenvalue weighted by atomic mass is 10.1. The molecule has 3 heteroatoms. The lowest BCUT2D eigenvalue weighted by Gasteiger charge is -1.89. The molecule has 1 rings (SSSR count). The van der Waals surface area contributed by atoms with Gasteiger partial charge in [-0.25, -0.2) is 0 Å². The van der Waals surface area contributed by atoms with Gasteiger partial charge in [-0.15, -0.1) is 0 Å². The highest BCUT2D eigenvalue weighted by atomic mass is 16.2. The third-order valence-electron chi connectivity index (χ3n) is 1.67. The Bertz CT molecular complexity index is 304. The molecule has 0 aromatic rings. The van der Waals surface area contributed by atoms with E-state index in [-0.39, 0.29) is 11.8 Å². The van der Waals surface area contributed by atoms with Gasteiger partial charge in [0.05, 0.1) is 11.1 Å². The van der Waals surface area contributed by atoms with Crippen molar-refractivity contribution in [2.24, 2.45) is 0 Å². The Balaban J connectivity index is 0.000000921. The van der Waals surface area contributed by atoms with Crippen LogP contribution in [0.5, 0.6) is 0 Å². The number of hydrogen-bond donors (Lipinski definition) is 1. The fraction of sp³-hybridized carbons (Fsp3) is 0.333. The van der Waals surface area contributed by atoms with Crippen LogP contribution in [0.4, 0.5) is 0 Å². The number of hydrogen-bond acceptors (Lipinski definition) is 2. The van der Waals surface area contributed by atoms with Crippen LogP contribution in [0.1, 0.15) is 27.7 Å². The predicted octanol–water partition coefficient (Wildman–Crippen LogP) is 2.12. The van der Waals surface area contributed by atoms with Gasteiger partial charge >= 0.3 is 0 Å². The minimum Gasteiger partial charge on any atom is -0.288 e. The first-order chi connectivity index (χ1) is 7.20. The molecular formula is C12H17NO2. The van der Waals surface area contributed by atoms with E-state index in [1.165, 1.54) is 0 Å². The van der Waals surface area contributed by atoms with Crippen molar-refractivity contribution in [2.75, 3.05) is 0 Å². The van der Waals surface area contributed by atoms with Gasteiger partial charge in [-0.2, -0.15) is 0 Å². The largest absolute Gasteiger partial charge is 0.288 e. The number of imide groups is 1. The zero-order chi connectivity index (χ0) is 11.8. The Kier molecular flexibility index (Phi) is 6.02. The summed E-state index contributed by atoms with van der Waals surface area (Å²) in [7, 11) is 0. The molecule has 3 nitrogen and oxygen atoms in total. The summed E-state index contributed by atoms with van der Waals surface area (Å²) in [5.74, 6) is -0.646. The minimum atomic E-state index is -0.323. The van der Waals surface area contributed by atoms with Crippen LogP contribution < -0.4 is 5.32 Å². The standard InChI is InChI=1S/C10H11NO2.C2H6/c1-3-5-7-8(6-4-2)10(13)11-9(7)12;1-2/h3-6H,1-2H3,(H,11,12,13);1-2H3/b5-3-,6-4-;. The van der Waals surface area contributed by atoms with Crippen molar-refractivity contribution < 1.29 is 9.59 Å². The molecule has 0 spiro atoms. The van der Waals surface area contributed by atoms with E-state index in [0.717, 1.165) is 0 Å². The lowest BCUT2D eigenvalue weighted by molar-refractivity contribution is -0.123. The first-order valence-corrected chi connectivity index (χ1v) is 5.06. The molecule has 1 N–H and O–H groups in total. The Morgan fingerprint density at radius 3 is 1.47 bits per heavy atom. The highest BCUT2D eigenvalue weighted by Crippen LogP contribution is 2.14. The maximum atomic E-state index is 11.2. The summed E-state index contributed by atoms with van der Waals surface area (Å²) in [5.41, 5.74) is 0.871. The van der Waals surface area contributed by atoms with Gasteiger partial charge in [0.1, 0.15) is 0 Å². The van der Waals surface area contributed by atoms with Crippen molar-refractivity contribution in [3.8, 4) is 0 Å². The molecule has 0 atom stereocenters. The van der Waals surface area contributed by atoms with Crippen LogP contribution in [0.2, 0.25) is 0 Å². The molecule has 0 saturated heterocycles. The van der Waals surface area contributed by atoms with E-state index in [9.17, 15) is 9.59 Å². The van der Waals surface area contributed by atoms with Gasteiger partial charge < -0.3 is 0 Å². The highest BCUT2D eigenvalue weighted by Gasteiger charge is 2.25. The second kappa shape index (κ2) is 6.76. The first-order valence-electron chi connectivity index (χ1n) is 5.06. The number of carbonyl (C=O) groups is 2. The molecule has 0 aromatic carbocycles. The molecule has 0 bridgehead atoms. The van der Waals surface area contributed by atoms with Crippen LogP contribution in [0.15, 0.2) is 35.5 Å². The lowest BCUT2D eigenvalue weighted by Crippen LogP contribution is -2.22. The first kappa shape index (κ1) is 13.4. The van der Waals surface area contributed by atoms with Crippen molar-refractivity contribution >= 4 is 11.8 Å². The fourth-order valence-electron chi connectivity index (χ4n) is 1.15. The molecule has 0 aliphatic carbocycles. The average Bonchev–Trinajstić information content (AvgIpc) is 2.49. The van der Waals surface area contributed by atoms with Gasteiger partial charge in [-0.3, -0.25) is 14.9 Å². The van der Waals surface area contributed by atoms with E-state index < -0.39 is 0 Å². The van der Waals surface area contributed by atoms with Gasteiger partial charge in [0.2, 0.25) is 0 Å². The third kappa shape index (κ3) is 3.20. The average molecular weight is 207 g/mol. The second-order valence-electron chi connectivity index (χ2n) is 2.61. The minimum absolute atomic E-state index is 0.323. The summed E-state index contributed by atoms with van der Waals surface area (Å²) < 4.78 is 0. The molecule has 82 valence electrons. The fourth-order valence-corrected chi connectivity index (χ4v) is 1.15. The number of rotatable bonds is 2. The number of nitrogens with one attached hydrogen (secondary N) is 1. The van der Waals surface area contributed by atoms with Gasteiger partial charge in [-0.05, 0) is 13.8 Å². The van der Waals surface area contributed by atoms with E-state index in [4.69, 9.17) is 0 Å². The third-order valence-corrected chi connectivity index (χ3v) is 1.67. The maximum Gasteiger partial charge on any atom is 0.258 e. The molecule has 1 aliphatic rings. The molecule has 15 heavy (non-hydrogen) atoms. The second-order valence-corrected chi connectivity index (χ2v) is 2.61. The van der Waals surface area contributed by atoms with Gasteiger partial charge in [-0.1, -0.05) is 38.2 Å². The van der Waals surface area contributed by atoms with E-state index in [2.05, 4.69) is 5.32 Å². The molecule has 0 aromatic heterocycles. The zero-order valence-corrected chi connectivity index (χ0v) is 9.63. The van der Waals surface area contributed by atoms with Crippen molar-refractivity contribution in [3.05, 3.63) is 35.5 Å². The quantitative estimate of drug-likeness (QED) is 0.705. The Hall–Kier alpha value is -1.64. The smallest absolute Gasteiger partial charge is 0.258 e. The van der Waals surface area contributed by atoms with Crippen molar-refractivity contribution in [2.45, 2.75) is 27.7 Å². The van der Waals surface area contributed by atoms with Crippen LogP contribution in [-0.2, 0) is 9.59 Å². The van der Waals surface area contributed by atoms with E-state index in [1.54, 1.807) is 38.2 Å². The summed E-state index contributed by atoms with van der Waals surface area (Å²) >= 11 is 0. The molecule has 0 radical (unpaired) electrons. The molecule has 0 fully saturated rings.